The Morgan fingerprint density at radius 2 is 2.29 bits per heavy atom. The predicted molar refractivity (Wildman–Crippen MR) is 67.9 cm³/mol. The van der Waals surface area contributed by atoms with Gasteiger partial charge in [-0.25, -0.2) is 4.98 Å². The molecule has 0 atom stereocenters. The summed E-state index contributed by atoms with van der Waals surface area (Å²) in [6, 6.07) is 5.74. The van der Waals surface area contributed by atoms with E-state index in [-0.39, 0.29) is 0 Å². The molecule has 1 aromatic carbocycles. The molecule has 1 aromatic heterocycles. The maximum absolute atomic E-state index is 5.81. The van der Waals surface area contributed by atoms with E-state index < -0.39 is 0 Å². The zero-order valence-corrected chi connectivity index (χ0v) is 9.97. The summed E-state index contributed by atoms with van der Waals surface area (Å²) >= 11 is 0. The van der Waals surface area contributed by atoms with Crippen LogP contribution in [0.2, 0.25) is 0 Å². The van der Waals surface area contributed by atoms with Crippen LogP contribution in [0, 0.1) is 6.92 Å². The SMILES string of the molecule is Cc1c(N)cccc1OCCCn1ccnc1. The van der Waals surface area contributed by atoms with Gasteiger partial charge in [0.15, 0.2) is 0 Å². The third kappa shape index (κ3) is 3.00. The number of aromatic nitrogens is 2. The van der Waals surface area contributed by atoms with E-state index in [4.69, 9.17) is 10.5 Å². The van der Waals surface area contributed by atoms with Crippen LogP contribution in [0.1, 0.15) is 12.0 Å². The molecule has 4 heteroatoms. The fourth-order valence-corrected chi connectivity index (χ4v) is 1.64. The number of anilines is 1. The second-order valence-electron chi connectivity index (χ2n) is 3.97. The van der Waals surface area contributed by atoms with Crippen molar-refractivity contribution >= 4 is 5.69 Å². The van der Waals surface area contributed by atoms with Crippen LogP contribution in [0.3, 0.4) is 0 Å². The minimum atomic E-state index is 0.683. The Morgan fingerprint density at radius 1 is 1.41 bits per heavy atom. The Balaban J connectivity index is 1.80. The average molecular weight is 231 g/mol. The van der Waals surface area contributed by atoms with Gasteiger partial charge in [-0.05, 0) is 25.5 Å². The van der Waals surface area contributed by atoms with E-state index in [1.165, 1.54) is 0 Å². The molecule has 2 aromatic rings. The molecule has 0 unspecified atom stereocenters. The van der Waals surface area contributed by atoms with Crippen molar-refractivity contribution in [2.45, 2.75) is 19.9 Å². The van der Waals surface area contributed by atoms with Crippen molar-refractivity contribution in [2.75, 3.05) is 12.3 Å². The normalized spacial score (nSPS) is 10.4. The first-order valence-corrected chi connectivity index (χ1v) is 5.71. The van der Waals surface area contributed by atoms with E-state index in [1.54, 1.807) is 6.20 Å². The first-order valence-electron chi connectivity index (χ1n) is 5.71. The molecule has 17 heavy (non-hydrogen) atoms. The van der Waals surface area contributed by atoms with Crippen molar-refractivity contribution in [2.24, 2.45) is 0 Å². The fraction of sp³-hybridized carbons (Fsp3) is 0.308. The first-order chi connectivity index (χ1) is 8.27. The van der Waals surface area contributed by atoms with Crippen LogP contribution in [0.4, 0.5) is 5.69 Å². The molecule has 0 aliphatic rings. The number of imidazole rings is 1. The van der Waals surface area contributed by atoms with Gasteiger partial charge in [-0.1, -0.05) is 6.07 Å². The average Bonchev–Trinajstić information content (AvgIpc) is 2.83. The molecule has 90 valence electrons. The van der Waals surface area contributed by atoms with Gasteiger partial charge in [0.25, 0.3) is 0 Å². The zero-order chi connectivity index (χ0) is 12.1. The number of ether oxygens (including phenoxy) is 1. The highest BCUT2D eigenvalue weighted by atomic mass is 16.5. The molecule has 0 saturated heterocycles. The molecular weight excluding hydrogens is 214 g/mol. The topological polar surface area (TPSA) is 53.1 Å². The van der Waals surface area contributed by atoms with Crippen molar-refractivity contribution in [3.8, 4) is 5.75 Å². The minimum Gasteiger partial charge on any atom is -0.493 e. The molecule has 0 spiro atoms. The van der Waals surface area contributed by atoms with Crippen LogP contribution >= 0.6 is 0 Å². The number of hydrogen-bond acceptors (Lipinski definition) is 3. The first kappa shape index (κ1) is 11.5. The van der Waals surface area contributed by atoms with Crippen LogP contribution in [0.25, 0.3) is 0 Å². The summed E-state index contributed by atoms with van der Waals surface area (Å²) in [5, 5.41) is 0. The Morgan fingerprint density at radius 3 is 3.06 bits per heavy atom. The van der Waals surface area contributed by atoms with Gasteiger partial charge in [-0.15, -0.1) is 0 Å². The van der Waals surface area contributed by atoms with E-state index >= 15 is 0 Å². The van der Waals surface area contributed by atoms with E-state index in [0.717, 1.165) is 30.0 Å². The Hall–Kier alpha value is -1.97. The second-order valence-corrected chi connectivity index (χ2v) is 3.97. The standard InChI is InChI=1S/C13H17N3O/c1-11-12(14)4-2-5-13(11)17-9-3-7-16-8-6-15-10-16/h2,4-6,8,10H,3,7,9,14H2,1H3. The highest BCUT2D eigenvalue weighted by Crippen LogP contribution is 2.22. The smallest absolute Gasteiger partial charge is 0.124 e. The molecule has 0 bridgehead atoms. The summed E-state index contributed by atoms with van der Waals surface area (Å²) < 4.78 is 7.74. The van der Waals surface area contributed by atoms with Crippen LogP contribution in [-0.4, -0.2) is 16.2 Å². The maximum Gasteiger partial charge on any atom is 0.124 e. The molecule has 4 nitrogen and oxygen atoms in total. The van der Waals surface area contributed by atoms with Crippen LogP contribution < -0.4 is 10.5 Å². The lowest BCUT2D eigenvalue weighted by atomic mass is 10.2. The van der Waals surface area contributed by atoms with Gasteiger partial charge in [0.2, 0.25) is 0 Å². The molecule has 0 aliphatic heterocycles. The highest BCUT2D eigenvalue weighted by Gasteiger charge is 2.01. The van der Waals surface area contributed by atoms with Crippen molar-refractivity contribution in [3.05, 3.63) is 42.5 Å². The van der Waals surface area contributed by atoms with E-state index in [1.807, 2.05) is 42.2 Å². The van der Waals surface area contributed by atoms with E-state index in [9.17, 15) is 0 Å². The van der Waals surface area contributed by atoms with Gasteiger partial charge in [-0.2, -0.15) is 0 Å². The number of nitrogens with two attached hydrogens (primary N) is 1. The zero-order valence-electron chi connectivity index (χ0n) is 9.97. The molecular formula is C13H17N3O. The van der Waals surface area contributed by atoms with E-state index in [2.05, 4.69) is 4.98 Å². The van der Waals surface area contributed by atoms with Gasteiger partial charge in [0.05, 0.1) is 12.9 Å². The number of nitrogens with zero attached hydrogens (tertiary/aromatic N) is 2. The lowest BCUT2D eigenvalue weighted by Gasteiger charge is -2.10. The molecule has 1 heterocycles. The monoisotopic (exact) mass is 231 g/mol. The van der Waals surface area contributed by atoms with Crippen molar-refractivity contribution in [3.63, 3.8) is 0 Å². The Kier molecular flexibility index (Phi) is 3.65. The predicted octanol–water partition coefficient (Wildman–Crippen LogP) is 2.24. The van der Waals surface area contributed by atoms with Gasteiger partial charge in [0, 0.05) is 30.2 Å². The van der Waals surface area contributed by atoms with E-state index in [0.29, 0.717) is 6.61 Å². The summed E-state index contributed by atoms with van der Waals surface area (Å²) in [5.74, 6) is 0.871. The van der Waals surface area contributed by atoms with Crippen LogP contribution in [-0.2, 0) is 6.54 Å². The summed E-state index contributed by atoms with van der Waals surface area (Å²) in [7, 11) is 0. The summed E-state index contributed by atoms with van der Waals surface area (Å²) in [6.07, 6.45) is 6.49. The molecule has 2 N–H and O–H groups in total. The molecule has 2 rings (SSSR count). The van der Waals surface area contributed by atoms with Crippen molar-refractivity contribution < 1.29 is 4.74 Å². The maximum atomic E-state index is 5.81. The third-order valence-electron chi connectivity index (χ3n) is 2.70. The number of hydrogen-bond donors (Lipinski definition) is 1. The van der Waals surface area contributed by atoms with Gasteiger partial charge >= 0.3 is 0 Å². The fourth-order valence-electron chi connectivity index (χ4n) is 1.64. The third-order valence-corrected chi connectivity index (χ3v) is 2.70. The second kappa shape index (κ2) is 5.39. The molecule has 0 amide bonds. The number of aryl methyl sites for hydroxylation is 1. The van der Waals surface area contributed by atoms with Gasteiger partial charge < -0.3 is 15.0 Å². The molecule has 0 saturated carbocycles. The lowest BCUT2D eigenvalue weighted by Crippen LogP contribution is -2.04. The summed E-state index contributed by atoms with van der Waals surface area (Å²) in [5.41, 5.74) is 7.59. The Labute approximate surface area is 101 Å². The molecule has 0 fully saturated rings. The summed E-state index contributed by atoms with van der Waals surface area (Å²) in [6.45, 7) is 3.57. The quantitative estimate of drug-likeness (QED) is 0.634. The minimum absolute atomic E-state index is 0.683. The molecule has 0 aliphatic carbocycles. The van der Waals surface area contributed by atoms with Crippen molar-refractivity contribution in [1.82, 2.24) is 9.55 Å². The summed E-state index contributed by atoms with van der Waals surface area (Å²) in [4.78, 5) is 3.99. The van der Waals surface area contributed by atoms with Crippen LogP contribution in [0.5, 0.6) is 5.75 Å². The lowest BCUT2D eigenvalue weighted by molar-refractivity contribution is 0.300. The van der Waals surface area contributed by atoms with Crippen molar-refractivity contribution in [1.29, 1.82) is 0 Å². The number of benzene rings is 1. The molecule has 0 radical (unpaired) electrons. The number of nitrogen functional groups attached to an aromatic ring is 1. The van der Waals surface area contributed by atoms with Gasteiger partial charge in [0.1, 0.15) is 5.75 Å². The van der Waals surface area contributed by atoms with Gasteiger partial charge in [-0.3, -0.25) is 0 Å². The Bertz CT molecular complexity index is 466. The highest BCUT2D eigenvalue weighted by molar-refractivity contribution is 5.53. The largest absolute Gasteiger partial charge is 0.493 e. The van der Waals surface area contributed by atoms with Crippen LogP contribution in [0.15, 0.2) is 36.9 Å². The number of rotatable bonds is 5.